The lowest BCUT2D eigenvalue weighted by molar-refractivity contribution is -0.128. The van der Waals surface area contributed by atoms with Crippen LogP contribution < -0.4 is 0 Å². The van der Waals surface area contributed by atoms with Crippen molar-refractivity contribution in [2.45, 2.75) is 44.4 Å². The van der Waals surface area contributed by atoms with Gasteiger partial charge in [0.15, 0.2) is 0 Å². The largest absolute Gasteiger partial charge is 0.299 e. The van der Waals surface area contributed by atoms with Crippen LogP contribution in [0.2, 0.25) is 0 Å². The lowest BCUT2D eigenvalue weighted by atomic mass is 9.75. The number of hydrogen-bond donors (Lipinski definition) is 0. The van der Waals surface area contributed by atoms with Crippen LogP contribution >= 0.6 is 0 Å². The molecule has 0 heterocycles. The van der Waals surface area contributed by atoms with Gasteiger partial charge in [0.1, 0.15) is 5.78 Å². The molecule has 0 aliphatic heterocycles. The summed E-state index contributed by atoms with van der Waals surface area (Å²) in [6, 6.07) is 0. The highest BCUT2D eigenvalue weighted by molar-refractivity contribution is 5.82. The Kier molecular flexibility index (Phi) is 2.12. The number of carbonyl (C=O) groups excluding carboxylic acids is 1. The molecule has 1 nitrogen and oxygen atoms in total. The highest BCUT2D eigenvalue weighted by Crippen LogP contribution is 2.46. The first kappa shape index (κ1) is 9.10. The minimum Gasteiger partial charge on any atom is -0.299 e. The third-order valence-corrected chi connectivity index (χ3v) is 3.22. The minimum absolute atomic E-state index is 0.0107. The Morgan fingerprint density at radius 1 is 1.38 bits per heavy atom. The molecule has 2 rings (SSSR count). The van der Waals surface area contributed by atoms with Crippen LogP contribution in [0.3, 0.4) is 0 Å². The Balaban J connectivity index is 1.77. The van der Waals surface area contributed by atoms with Crippen LogP contribution in [-0.2, 0) is 4.79 Å². The van der Waals surface area contributed by atoms with E-state index in [1.165, 1.54) is 0 Å². The summed E-state index contributed by atoms with van der Waals surface area (Å²) in [4.78, 5) is 11.2. The topological polar surface area (TPSA) is 17.1 Å². The van der Waals surface area contributed by atoms with Gasteiger partial charge in [-0.2, -0.15) is 0 Å². The molecular formula is C10H14F2O. The summed E-state index contributed by atoms with van der Waals surface area (Å²) in [5, 5.41) is 0. The van der Waals surface area contributed by atoms with Crippen LogP contribution in [0.5, 0.6) is 0 Å². The maximum atomic E-state index is 12.5. The third-order valence-electron chi connectivity index (χ3n) is 3.22. The molecule has 2 fully saturated rings. The second-order valence-corrected chi connectivity index (χ2v) is 4.42. The molecule has 13 heavy (non-hydrogen) atoms. The molecule has 2 saturated carbocycles. The summed E-state index contributed by atoms with van der Waals surface area (Å²) in [5.41, 5.74) is 0. The summed E-state index contributed by atoms with van der Waals surface area (Å²) in [5.74, 6) is -1.90. The fourth-order valence-electron chi connectivity index (χ4n) is 2.49. The van der Waals surface area contributed by atoms with Gasteiger partial charge < -0.3 is 0 Å². The number of alkyl halides is 2. The van der Waals surface area contributed by atoms with Crippen molar-refractivity contribution in [2.75, 3.05) is 0 Å². The van der Waals surface area contributed by atoms with E-state index in [9.17, 15) is 13.6 Å². The second-order valence-electron chi connectivity index (χ2n) is 4.42. The van der Waals surface area contributed by atoms with Gasteiger partial charge in [-0.3, -0.25) is 4.79 Å². The molecule has 0 N–H and O–H groups in total. The van der Waals surface area contributed by atoms with Gasteiger partial charge in [-0.1, -0.05) is 0 Å². The van der Waals surface area contributed by atoms with Crippen LogP contribution in [0.1, 0.15) is 38.5 Å². The van der Waals surface area contributed by atoms with Crippen LogP contribution in [0, 0.1) is 11.8 Å². The molecule has 0 radical (unpaired) electrons. The van der Waals surface area contributed by atoms with Crippen LogP contribution in [0.25, 0.3) is 0 Å². The van der Waals surface area contributed by atoms with Crippen molar-refractivity contribution >= 4 is 5.78 Å². The van der Waals surface area contributed by atoms with Gasteiger partial charge in [0.05, 0.1) is 0 Å². The minimum atomic E-state index is -2.42. The van der Waals surface area contributed by atoms with E-state index in [-0.39, 0.29) is 24.7 Å². The first-order valence-electron chi connectivity index (χ1n) is 4.97. The Morgan fingerprint density at radius 3 is 2.54 bits per heavy atom. The average Bonchev–Trinajstić information content (AvgIpc) is 2.33. The fourth-order valence-corrected chi connectivity index (χ4v) is 2.49. The molecule has 0 amide bonds. The summed E-state index contributed by atoms with van der Waals surface area (Å²) in [7, 11) is 0. The van der Waals surface area contributed by atoms with E-state index < -0.39 is 5.92 Å². The third kappa shape index (κ3) is 1.89. The Bertz CT molecular complexity index is 217. The fraction of sp³-hybridized carbons (Fsp3) is 0.900. The van der Waals surface area contributed by atoms with Crippen molar-refractivity contribution < 1.29 is 13.6 Å². The molecule has 0 saturated heterocycles. The summed E-state index contributed by atoms with van der Waals surface area (Å²) >= 11 is 0. The van der Waals surface area contributed by atoms with Gasteiger partial charge in [0, 0.05) is 25.2 Å². The van der Waals surface area contributed by atoms with Gasteiger partial charge >= 0.3 is 0 Å². The number of halogens is 2. The molecule has 0 bridgehead atoms. The molecule has 0 aromatic carbocycles. The van der Waals surface area contributed by atoms with E-state index >= 15 is 0 Å². The van der Waals surface area contributed by atoms with Gasteiger partial charge in [0.25, 0.3) is 0 Å². The van der Waals surface area contributed by atoms with Crippen LogP contribution in [0.15, 0.2) is 0 Å². The number of carbonyl (C=O) groups is 1. The summed E-state index contributed by atoms with van der Waals surface area (Å²) in [6.45, 7) is 0. The number of hydrogen-bond acceptors (Lipinski definition) is 1. The van der Waals surface area contributed by atoms with Crippen molar-refractivity contribution in [1.29, 1.82) is 0 Å². The van der Waals surface area contributed by atoms with Gasteiger partial charge in [-0.25, -0.2) is 8.78 Å². The molecule has 1 atom stereocenters. The zero-order valence-corrected chi connectivity index (χ0v) is 7.56. The van der Waals surface area contributed by atoms with Crippen LogP contribution in [-0.4, -0.2) is 11.7 Å². The van der Waals surface area contributed by atoms with Gasteiger partial charge in [-0.15, -0.1) is 0 Å². The Morgan fingerprint density at radius 2 is 2.08 bits per heavy atom. The lowest BCUT2D eigenvalue weighted by Gasteiger charge is -2.36. The SMILES string of the molecule is O=C1CCCC1CC1CC(F)(F)C1. The molecule has 74 valence electrons. The van der Waals surface area contributed by atoms with Crippen molar-refractivity contribution in [3.63, 3.8) is 0 Å². The predicted octanol–water partition coefficient (Wildman–Crippen LogP) is 2.79. The molecule has 1 unspecified atom stereocenters. The number of ketones is 1. The molecule has 0 spiro atoms. The number of rotatable bonds is 2. The van der Waals surface area contributed by atoms with E-state index in [2.05, 4.69) is 0 Å². The standard InChI is InChI=1S/C10H14F2O/c11-10(12)5-7(6-10)4-8-2-1-3-9(8)13/h7-8H,1-6H2. The van der Waals surface area contributed by atoms with Crippen molar-refractivity contribution in [2.24, 2.45) is 11.8 Å². The van der Waals surface area contributed by atoms with Gasteiger partial charge in [-0.05, 0) is 25.2 Å². The molecule has 2 aliphatic rings. The van der Waals surface area contributed by atoms with Crippen molar-refractivity contribution in [1.82, 2.24) is 0 Å². The number of Topliss-reactive ketones (excluding diaryl/α,β-unsaturated/α-hetero) is 1. The Hall–Kier alpha value is -0.470. The maximum absolute atomic E-state index is 12.5. The normalized spacial score (nSPS) is 33.4. The molecule has 3 heteroatoms. The van der Waals surface area contributed by atoms with E-state index in [0.717, 1.165) is 12.8 Å². The first-order valence-corrected chi connectivity index (χ1v) is 4.97. The maximum Gasteiger partial charge on any atom is 0.248 e. The smallest absolute Gasteiger partial charge is 0.248 e. The van der Waals surface area contributed by atoms with Crippen molar-refractivity contribution in [3.05, 3.63) is 0 Å². The lowest BCUT2D eigenvalue weighted by Crippen LogP contribution is -2.36. The van der Waals surface area contributed by atoms with E-state index in [1.54, 1.807) is 0 Å². The van der Waals surface area contributed by atoms with E-state index in [4.69, 9.17) is 0 Å². The average molecular weight is 188 g/mol. The van der Waals surface area contributed by atoms with Crippen LogP contribution in [0.4, 0.5) is 8.78 Å². The predicted molar refractivity (Wildman–Crippen MR) is 44.6 cm³/mol. The monoisotopic (exact) mass is 188 g/mol. The van der Waals surface area contributed by atoms with E-state index in [1.807, 2.05) is 0 Å². The van der Waals surface area contributed by atoms with Crippen molar-refractivity contribution in [3.8, 4) is 0 Å². The molecular weight excluding hydrogens is 174 g/mol. The summed E-state index contributed by atoms with van der Waals surface area (Å²) in [6.07, 6.45) is 3.31. The highest BCUT2D eigenvalue weighted by atomic mass is 19.3. The Labute approximate surface area is 76.5 Å². The highest BCUT2D eigenvalue weighted by Gasteiger charge is 2.46. The quantitative estimate of drug-likeness (QED) is 0.651. The summed E-state index contributed by atoms with van der Waals surface area (Å²) < 4.78 is 24.9. The molecule has 0 aromatic rings. The second kappa shape index (κ2) is 3.03. The van der Waals surface area contributed by atoms with Gasteiger partial charge in [0.2, 0.25) is 5.92 Å². The molecule has 2 aliphatic carbocycles. The first-order chi connectivity index (χ1) is 6.07. The zero-order valence-electron chi connectivity index (χ0n) is 7.56. The van der Waals surface area contributed by atoms with E-state index in [0.29, 0.717) is 18.6 Å². The molecule has 0 aromatic heterocycles. The zero-order chi connectivity index (χ0) is 9.47.